The van der Waals surface area contributed by atoms with Gasteiger partial charge < -0.3 is 15.4 Å². The lowest BCUT2D eigenvalue weighted by Gasteiger charge is -2.13. The van der Waals surface area contributed by atoms with E-state index in [9.17, 15) is 13.2 Å². The van der Waals surface area contributed by atoms with E-state index >= 15 is 0 Å². The second-order valence-corrected chi connectivity index (χ2v) is 9.60. The minimum atomic E-state index is -3.62. The predicted molar refractivity (Wildman–Crippen MR) is 135 cm³/mol. The number of carbonyl (C=O) groups excluding carboxylic acids is 1. The van der Waals surface area contributed by atoms with E-state index in [4.69, 9.17) is 4.74 Å². The van der Waals surface area contributed by atoms with Crippen LogP contribution in [0.25, 0.3) is 22.0 Å². The molecule has 3 aromatic carbocycles. The van der Waals surface area contributed by atoms with E-state index in [0.717, 1.165) is 16.5 Å². The lowest BCUT2D eigenvalue weighted by molar-refractivity contribution is -0.122. The van der Waals surface area contributed by atoms with Crippen LogP contribution in [0.15, 0.2) is 71.6 Å². The monoisotopic (exact) mass is 491 g/mol. The molecular weight excluding hydrogens is 466 g/mol. The molecule has 0 saturated carbocycles. The molecule has 0 fully saturated rings. The summed E-state index contributed by atoms with van der Waals surface area (Å²) in [6.07, 6.45) is 0. The van der Waals surface area contributed by atoms with Crippen LogP contribution in [0.5, 0.6) is 5.75 Å². The minimum absolute atomic E-state index is 0.0583. The van der Waals surface area contributed by atoms with Gasteiger partial charge in [-0.1, -0.05) is 36.4 Å². The largest absolute Gasteiger partial charge is 0.484 e. The molecule has 0 atom stereocenters. The molecule has 1 aromatic heterocycles. The summed E-state index contributed by atoms with van der Waals surface area (Å²) in [6.45, 7) is 1.69. The highest BCUT2D eigenvalue weighted by Gasteiger charge is 2.18. The van der Waals surface area contributed by atoms with Gasteiger partial charge in [0.1, 0.15) is 11.4 Å². The zero-order valence-corrected chi connectivity index (χ0v) is 20.3. The van der Waals surface area contributed by atoms with Crippen molar-refractivity contribution in [3.63, 3.8) is 0 Å². The Morgan fingerprint density at radius 2 is 1.66 bits per heavy atom. The molecule has 0 aliphatic carbocycles. The van der Waals surface area contributed by atoms with Crippen LogP contribution in [-0.4, -0.2) is 45.2 Å². The number of aryl methyl sites for hydroxylation is 1. The number of rotatable bonds is 8. The molecule has 0 bridgehead atoms. The molecule has 4 aromatic rings. The SMILES string of the molecule is CNC(=O)COc1ccc(Nc2nnc(-c3ccc(C)c(S(=O)(=O)NC)c3)c3ccccc23)cc1. The van der Waals surface area contributed by atoms with Crippen LogP contribution < -0.4 is 20.1 Å². The lowest BCUT2D eigenvalue weighted by Crippen LogP contribution is -2.24. The van der Waals surface area contributed by atoms with Crippen molar-refractivity contribution < 1.29 is 17.9 Å². The number of likely N-dealkylation sites (N-methyl/N-ethyl adjacent to an activating group) is 1. The van der Waals surface area contributed by atoms with Crippen LogP contribution in [0.1, 0.15) is 5.56 Å². The summed E-state index contributed by atoms with van der Waals surface area (Å²) >= 11 is 0. The number of aromatic nitrogens is 2. The normalized spacial score (nSPS) is 11.3. The number of nitrogens with zero attached hydrogens (tertiary/aromatic N) is 2. The Morgan fingerprint density at radius 1 is 0.943 bits per heavy atom. The van der Waals surface area contributed by atoms with Crippen molar-refractivity contribution in [3.05, 3.63) is 72.3 Å². The molecule has 180 valence electrons. The Hall–Kier alpha value is -4.02. The first-order chi connectivity index (χ1) is 16.8. The second-order valence-electron chi connectivity index (χ2n) is 7.74. The van der Waals surface area contributed by atoms with E-state index < -0.39 is 10.0 Å². The summed E-state index contributed by atoms with van der Waals surface area (Å²) < 4.78 is 32.7. The number of hydrogen-bond donors (Lipinski definition) is 3. The van der Waals surface area contributed by atoms with E-state index in [0.29, 0.717) is 28.4 Å². The predicted octanol–water partition coefficient (Wildman–Crippen LogP) is 3.38. The number of fused-ring (bicyclic) bond motifs is 1. The molecule has 4 rings (SSSR count). The van der Waals surface area contributed by atoms with E-state index in [1.807, 2.05) is 42.5 Å². The number of anilines is 2. The van der Waals surface area contributed by atoms with Crippen molar-refractivity contribution in [2.75, 3.05) is 26.0 Å². The Bertz CT molecular complexity index is 1490. The number of amides is 1. The third kappa shape index (κ3) is 5.23. The maximum Gasteiger partial charge on any atom is 0.257 e. The van der Waals surface area contributed by atoms with Crippen molar-refractivity contribution in [1.82, 2.24) is 20.2 Å². The van der Waals surface area contributed by atoms with Crippen molar-refractivity contribution in [2.45, 2.75) is 11.8 Å². The van der Waals surface area contributed by atoms with Crippen LogP contribution >= 0.6 is 0 Å². The first-order valence-electron chi connectivity index (χ1n) is 10.8. The molecule has 10 heteroatoms. The highest BCUT2D eigenvalue weighted by molar-refractivity contribution is 7.89. The molecule has 0 saturated heterocycles. The van der Waals surface area contributed by atoms with Gasteiger partial charge in [-0.25, -0.2) is 13.1 Å². The number of nitrogens with one attached hydrogen (secondary N) is 3. The average Bonchev–Trinajstić information content (AvgIpc) is 2.88. The molecule has 1 amide bonds. The fourth-order valence-electron chi connectivity index (χ4n) is 3.55. The van der Waals surface area contributed by atoms with Crippen molar-refractivity contribution >= 4 is 38.2 Å². The highest BCUT2D eigenvalue weighted by atomic mass is 32.2. The molecule has 0 spiro atoms. The Kier molecular flexibility index (Phi) is 6.94. The van der Waals surface area contributed by atoms with Gasteiger partial charge in [0.25, 0.3) is 5.91 Å². The Balaban J connectivity index is 1.67. The summed E-state index contributed by atoms with van der Waals surface area (Å²) in [4.78, 5) is 11.5. The van der Waals surface area contributed by atoms with E-state index in [-0.39, 0.29) is 17.4 Å². The molecule has 0 aliphatic rings. The zero-order chi connectivity index (χ0) is 25.0. The summed E-state index contributed by atoms with van der Waals surface area (Å²) in [5.41, 5.74) is 2.64. The maximum atomic E-state index is 12.5. The fourth-order valence-corrected chi connectivity index (χ4v) is 4.54. The molecule has 35 heavy (non-hydrogen) atoms. The van der Waals surface area contributed by atoms with Gasteiger partial charge in [-0.15, -0.1) is 10.2 Å². The van der Waals surface area contributed by atoms with Gasteiger partial charge in [-0.3, -0.25) is 4.79 Å². The third-order valence-electron chi connectivity index (χ3n) is 5.47. The third-order valence-corrected chi connectivity index (χ3v) is 7.03. The number of ether oxygens (including phenoxy) is 1. The van der Waals surface area contributed by atoms with Crippen molar-refractivity contribution in [3.8, 4) is 17.0 Å². The first kappa shape index (κ1) is 24.1. The number of hydrogen-bond acceptors (Lipinski definition) is 7. The summed E-state index contributed by atoms with van der Waals surface area (Å²) in [6, 6.07) is 20.0. The molecule has 1 heterocycles. The van der Waals surface area contributed by atoms with Crippen molar-refractivity contribution in [2.24, 2.45) is 0 Å². The quantitative estimate of drug-likeness (QED) is 0.345. The molecular formula is C25H25N5O4S. The van der Waals surface area contributed by atoms with Gasteiger partial charge in [0, 0.05) is 29.1 Å². The second kappa shape index (κ2) is 10.1. The average molecular weight is 492 g/mol. The van der Waals surface area contributed by atoms with Gasteiger partial charge in [0.15, 0.2) is 12.4 Å². The molecule has 0 unspecified atom stereocenters. The van der Waals surface area contributed by atoms with Gasteiger partial charge in [0.05, 0.1) is 4.90 Å². The van der Waals surface area contributed by atoms with Crippen LogP contribution in [0.2, 0.25) is 0 Å². The standard InChI is InChI=1S/C25H25N5O4S/c1-16-8-9-17(14-22(16)35(32,33)27-3)24-20-6-4-5-7-21(20)25(30-29-24)28-18-10-12-19(13-11-18)34-15-23(31)26-2/h4-14,27H,15H2,1-3H3,(H,26,31)(H,28,30). The Labute approximate surface area is 203 Å². The molecule has 3 N–H and O–H groups in total. The zero-order valence-electron chi connectivity index (χ0n) is 19.5. The topological polar surface area (TPSA) is 122 Å². The highest BCUT2D eigenvalue weighted by Crippen LogP contribution is 2.33. The van der Waals surface area contributed by atoms with Gasteiger partial charge in [0.2, 0.25) is 10.0 Å². The Morgan fingerprint density at radius 3 is 2.34 bits per heavy atom. The van der Waals surface area contributed by atoms with E-state index in [1.54, 1.807) is 38.2 Å². The van der Waals surface area contributed by atoms with Gasteiger partial charge in [-0.05, 0) is 49.9 Å². The molecule has 9 nitrogen and oxygen atoms in total. The number of benzene rings is 3. The van der Waals surface area contributed by atoms with Gasteiger partial charge >= 0.3 is 0 Å². The maximum absolute atomic E-state index is 12.5. The molecule has 0 aliphatic heterocycles. The van der Waals surface area contributed by atoms with Gasteiger partial charge in [-0.2, -0.15) is 0 Å². The lowest BCUT2D eigenvalue weighted by atomic mass is 10.0. The van der Waals surface area contributed by atoms with Crippen LogP contribution in [-0.2, 0) is 14.8 Å². The van der Waals surface area contributed by atoms with Crippen LogP contribution in [0.4, 0.5) is 11.5 Å². The summed E-state index contributed by atoms with van der Waals surface area (Å²) in [7, 11) is -0.679. The number of carbonyl (C=O) groups is 1. The van der Waals surface area contributed by atoms with Crippen molar-refractivity contribution in [1.29, 1.82) is 0 Å². The van der Waals surface area contributed by atoms with E-state index in [2.05, 4.69) is 25.6 Å². The van der Waals surface area contributed by atoms with E-state index in [1.165, 1.54) is 7.05 Å². The summed E-state index contributed by atoms with van der Waals surface area (Å²) in [5, 5.41) is 16.3. The molecule has 0 radical (unpaired) electrons. The fraction of sp³-hybridized carbons (Fsp3) is 0.160. The van der Waals surface area contributed by atoms with Crippen LogP contribution in [0, 0.1) is 6.92 Å². The summed E-state index contributed by atoms with van der Waals surface area (Å²) in [5.74, 6) is 0.911. The smallest absolute Gasteiger partial charge is 0.257 e. The minimum Gasteiger partial charge on any atom is -0.484 e. The van der Waals surface area contributed by atoms with Crippen LogP contribution in [0.3, 0.4) is 0 Å². The first-order valence-corrected chi connectivity index (χ1v) is 12.3. The number of sulfonamides is 1.